The van der Waals surface area contributed by atoms with Crippen LogP contribution in [0.5, 0.6) is 0 Å². The van der Waals surface area contributed by atoms with Crippen molar-refractivity contribution in [3.05, 3.63) is 36.7 Å². The van der Waals surface area contributed by atoms with Crippen molar-refractivity contribution in [3.8, 4) is 17.3 Å². The van der Waals surface area contributed by atoms with Crippen molar-refractivity contribution >= 4 is 5.95 Å². The SMILES string of the molecule is CNc1nc(-c2ccc(C)nc2)nc(-n2cncn2)n1. The van der Waals surface area contributed by atoms with Crippen LogP contribution in [-0.4, -0.2) is 41.7 Å². The van der Waals surface area contributed by atoms with Gasteiger partial charge in [-0.3, -0.25) is 4.98 Å². The van der Waals surface area contributed by atoms with Crippen LogP contribution < -0.4 is 5.32 Å². The molecule has 0 radical (unpaired) electrons. The molecule has 8 heteroatoms. The summed E-state index contributed by atoms with van der Waals surface area (Å²) in [5.41, 5.74) is 1.75. The normalized spacial score (nSPS) is 10.5. The molecule has 3 rings (SSSR count). The van der Waals surface area contributed by atoms with Crippen LogP contribution in [0.4, 0.5) is 5.95 Å². The van der Waals surface area contributed by atoms with Crippen molar-refractivity contribution in [1.82, 2.24) is 34.7 Å². The fraction of sp³-hybridized carbons (Fsp3) is 0.167. The first kappa shape index (κ1) is 12.2. The van der Waals surface area contributed by atoms with E-state index in [0.29, 0.717) is 17.7 Å². The standard InChI is InChI=1S/C12H12N8/c1-8-3-4-9(5-15-8)10-17-11(13-2)19-12(18-10)20-7-14-6-16-20/h3-7H,1-2H3,(H,13,17,18,19). The third-order valence-electron chi connectivity index (χ3n) is 2.64. The predicted octanol–water partition coefficient (Wildman–Crippen LogP) is 0.864. The average molecular weight is 268 g/mol. The molecule has 20 heavy (non-hydrogen) atoms. The molecule has 3 aromatic rings. The fourth-order valence-electron chi connectivity index (χ4n) is 1.62. The Bertz CT molecular complexity index is 705. The van der Waals surface area contributed by atoms with Gasteiger partial charge >= 0.3 is 0 Å². The van der Waals surface area contributed by atoms with E-state index in [9.17, 15) is 0 Å². The zero-order chi connectivity index (χ0) is 13.9. The highest BCUT2D eigenvalue weighted by Crippen LogP contribution is 2.16. The molecular weight excluding hydrogens is 256 g/mol. The van der Waals surface area contributed by atoms with Crippen LogP contribution in [0.15, 0.2) is 31.0 Å². The summed E-state index contributed by atoms with van der Waals surface area (Å²) in [6.45, 7) is 1.93. The van der Waals surface area contributed by atoms with Crippen LogP contribution in [0.1, 0.15) is 5.69 Å². The number of aromatic nitrogens is 7. The quantitative estimate of drug-likeness (QED) is 0.752. The van der Waals surface area contributed by atoms with Crippen LogP contribution >= 0.6 is 0 Å². The molecule has 0 aliphatic rings. The number of hydrogen-bond acceptors (Lipinski definition) is 7. The number of nitrogens with zero attached hydrogens (tertiary/aromatic N) is 7. The van der Waals surface area contributed by atoms with Gasteiger partial charge in [0.05, 0.1) is 0 Å². The summed E-state index contributed by atoms with van der Waals surface area (Å²) >= 11 is 0. The van der Waals surface area contributed by atoms with Gasteiger partial charge in [0.15, 0.2) is 5.82 Å². The van der Waals surface area contributed by atoms with Crippen molar-refractivity contribution in [2.75, 3.05) is 12.4 Å². The monoisotopic (exact) mass is 268 g/mol. The van der Waals surface area contributed by atoms with E-state index in [-0.39, 0.29) is 0 Å². The Hall–Kier alpha value is -2.90. The zero-order valence-electron chi connectivity index (χ0n) is 11.0. The van der Waals surface area contributed by atoms with E-state index < -0.39 is 0 Å². The van der Waals surface area contributed by atoms with Gasteiger partial charge in [0, 0.05) is 24.5 Å². The smallest absolute Gasteiger partial charge is 0.257 e. The molecule has 3 heterocycles. The molecule has 8 nitrogen and oxygen atoms in total. The molecule has 0 amide bonds. The molecule has 0 unspecified atom stereocenters. The first-order valence-electron chi connectivity index (χ1n) is 5.98. The Morgan fingerprint density at radius 1 is 1.15 bits per heavy atom. The van der Waals surface area contributed by atoms with Gasteiger partial charge in [-0.2, -0.15) is 24.7 Å². The van der Waals surface area contributed by atoms with Gasteiger partial charge in [0.1, 0.15) is 12.7 Å². The largest absolute Gasteiger partial charge is 0.357 e. The first-order valence-corrected chi connectivity index (χ1v) is 5.98. The van der Waals surface area contributed by atoms with Crippen LogP contribution in [0, 0.1) is 6.92 Å². The second-order valence-corrected chi connectivity index (χ2v) is 4.06. The van der Waals surface area contributed by atoms with E-state index in [1.165, 1.54) is 17.3 Å². The Labute approximate surface area is 115 Å². The Balaban J connectivity index is 2.11. The van der Waals surface area contributed by atoms with Gasteiger partial charge in [-0.1, -0.05) is 0 Å². The lowest BCUT2D eigenvalue weighted by Gasteiger charge is -2.06. The number of aryl methyl sites for hydroxylation is 1. The summed E-state index contributed by atoms with van der Waals surface area (Å²) in [5.74, 6) is 1.39. The molecule has 0 aliphatic heterocycles. The molecule has 100 valence electrons. The second kappa shape index (κ2) is 5.00. The van der Waals surface area contributed by atoms with Gasteiger partial charge in [-0.15, -0.1) is 0 Å². The first-order chi connectivity index (χ1) is 9.76. The van der Waals surface area contributed by atoms with Crippen molar-refractivity contribution in [1.29, 1.82) is 0 Å². The fourth-order valence-corrected chi connectivity index (χ4v) is 1.62. The molecular formula is C12H12N8. The molecule has 0 saturated heterocycles. The van der Waals surface area contributed by atoms with Crippen LogP contribution in [0.3, 0.4) is 0 Å². The lowest BCUT2D eigenvalue weighted by atomic mass is 10.2. The van der Waals surface area contributed by atoms with Crippen molar-refractivity contribution in [2.45, 2.75) is 6.92 Å². The summed E-state index contributed by atoms with van der Waals surface area (Å²) in [4.78, 5) is 21.1. The summed E-state index contributed by atoms with van der Waals surface area (Å²) in [5, 5.41) is 6.93. The minimum atomic E-state index is 0.400. The van der Waals surface area contributed by atoms with Crippen molar-refractivity contribution in [2.24, 2.45) is 0 Å². The Kier molecular flexibility index (Phi) is 3.04. The summed E-state index contributed by atoms with van der Waals surface area (Å²) in [7, 11) is 1.75. The number of anilines is 1. The molecule has 0 fully saturated rings. The molecule has 1 N–H and O–H groups in total. The Morgan fingerprint density at radius 3 is 2.70 bits per heavy atom. The highest BCUT2D eigenvalue weighted by atomic mass is 15.4. The van der Waals surface area contributed by atoms with E-state index in [1.54, 1.807) is 13.2 Å². The third kappa shape index (κ3) is 2.30. The molecule has 0 atom stereocenters. The number of rotatable bonds is 3. The zero-order valence-corrected chi connectivity index (χ0v) is 11.0. The van der Waals surface area contributed by atoms with E-state index in [2.05, 4.69) is 35.3 Å². The van der Waals surface area contributed by atoms with Crippen molar-refractivity contribution < 1.29 is 0 Å². The number of hydrogen-bond donors (Lipinski definition) is 1. The molecule has 0 saturated carbocycles. The number of nitrogens with one attached hydrogen (secondary N) is 1. The topological polar surface area (TPSA) is 94.3 Å². The summed E-state index contributed by atoms with van der Waals surface area (Å²) in [6, 6.07) is 3.83. The lowest BCUT2D eigenvalue weighted by molar-refractivity contribution is 0.798. The highest BCUT2D eigenvalue weighted by Gasteiger charge is 2.10. The lowest BCUT2D eigenvalue weighted by Crippen LogP contribution is -2.08. The molecule has 0 aliphatic carbocycles. The molecule has 0 aromatic carbocycles. The summed E-state index contributed by atoms with van der Waals surface area (Å²) in [6.07, 6.45) is 4.69. The molecule has 0 spiro atoms. The van der Waals surface area contributed by atoms with Crippen LogP contribution in [0.2, 0.25) is 0 Å². The average Bonchev–Trinajstić information content (AvgIpc) is 3.02. The van der Waals surface area contributed by atoms with E-state index >= 15 is 0 Å². The van der Waals surface area contributed by atoms with Crippen LogP contribution in [0.25, 0.3) is 17.3 Å². The summed E-state index contributed by atoms with van der Waals surface area (Å²) < 4.78 is 1.48. The maximum absolute atomic E-state index is 4.38. The highest BCUT2D eigenvalue weighted by molar-refractivity contribution is 5.55. The van der Waals surface area contributed by atoms with Gasteiger partial charge in [0.25, 0.3) is 5.95 Å². The van der Waals surface area contributed by atoms with Gasteiger partial charge in [-0.05, 0) is 19.1 Å². The maximum atomic E-state index is 4.38. The van der Waals surface area contributed by atoms with E-state index in [4.69, 9.17) is 0 Å². The number of pyridine rings is 1. The van der Waals surface area contributed by atoms with Gasteiger partial charge in [-0.25, -0.2) is 4.98 Å². The minimum Gasteiger partial charge on any atom is -0.357 e. The van der Waals surface area contributed by atoms with E-state index in [1.807, 2.05) is 19.1 Å². The molecule has 3 aromatic heterocycles. The predicted molar refractivity (Wildman–Crippen MR) is 72.3 cm³/mol. The van der Waals surface area contributed by atoms with Gasteiger partial charge < -0.3 is 5.32 Å². The second-order valence-electron chi connectivity index (χ2n) is 4.06. The van der Waals surface area contributed by atoms with E-state index in [0.717, 1.165) is 11.3 Å². The van der Waals surface area contributed by atoms with Crippen molar-refractivity contribution in [3.63, 3.8) is 0 Å². The van der Waals surface area contributed by atoms with Gasteiger partial charge in [0.2, 0.25) is 5.95 Å². The molecule has 0 bridgehead atoms. The minimum absolute atomic E-state index is 0.400. The van der Waals surface area contributed by atoms with Crippen LogP contribution in [-0.2, 0) is 0 Å². The maximum Gasteiger partial charge on any atom is 0.257 e. The third-order valence-corrected chi connectivity index (χ3v) is 2.64. The Morgan fingerprint density at radius 2 is 2.05 bits per heavy atom.